The van der Waals surface area contributed by atoms with Crippen LogP contribution in [-0.4, -0.2) is 30.6 Å². The third kappa shape index (κ3) is 3.85. The largest absolute Gasteiger partial charge is 0.370 e. The Kier molecular flexibility index (Phi) is 4.99. The van der Waals surface area contributed by atoms with E-state index >= 15 is 0 Å². The van der Waals surface area contributed by atoms with Crippen LogP contribution in [-0.2, 0) is 4.74 Å². The molecule has 122 valence electrons. The molecule has 0 unspecified atom stereocenters. The van der Waals surface area contributed by atoms with E-state index in [9.17, 15) is 4.79 Å². The van der Waals surface area contributed by atoms with Gasteiger partial charge in [0.25, 0.3) is 0 Å². The number of nitriles is 1. The number of hydrogen-bond acceptors (Lipinski definition) is 3. The van der Waals surface area contributed by atoms with Crippen LogP contribution in [0.1, 0.15) is 17.2 Å². The maximum atomic E-state index is 12.5. The molecule has 1 aliphatic rings. The summed E-state index contributed by atoms with van der Waals surface area (Å²) in [5.74, 6) is 0. The minimum atomic E-state index is -0.202. The highest BCUT2D eigenvalue weighted by atomic mass is 35.5. The third-order valence-corrected chi connectivity index (χ3v) is 4.09. The lowest BCUT2D eigenvalue weighted by Crippen LogP contribution is -2.44. The van der Waals surface area contributed by atoms with Crippen LogP contribution in [0.5, 0.6) is 0 Å². The number of ether oxygens (including phenoxy) is 1. The number of amides is 2. The van der Waals surface area contributed by atoms with E-state index in [0.717, 1.165) is 5.56 Å². The van der Waals surface area contributed by atoms with Gasteiger partial charge in [-0.1, -0.05) is 29.8 Å². The minimum Gasteiger partial charge on any atom is -0.370 e. The fourth-order valence-electron chi connectivity index (χ4n) is 2.58. The van der Waals surface area contributed by atoms with Crippen molar-refractivity contribution < 1.29 is 9.53 Å². The van der Waals surface area contributed by atoms with Gasteiger partial charge in [0.2, 0.25) is 0 Å². The summed E-state index contributed by atoms with van der Waals surface area (Å²) < 4.78 is 5.76. The van der Waals surface area contributed by atoms with Crippen molar-refractivity contribution in [2.75, 3.05) is 25.0 Å². The summed E-state index contributed by atoms with van der Waals surface area (Å²) in [5.41, 5.74) is 2.10. The Hall–Kier alpha value is -2.55. The van der Waals surface area contributed by atoms with E-state index in [4.69, 9.17) is 21.6 Å². The fraction of sp³-hybridized carbons (Fsp3) is 0.222. The second-order valence-corrected chi connectivity index (χ2v) is 5.92. The Morgan fingerprint density at radius 3 is 2.83 bits per heavy atom. The Labute approximate surface area is 145 Å². The first kappa shape index (κ1) is 16.3. The molecule has 1 heterocycles. The van der Waals surface area contributed by atoms with Gasteiger partial charge < -0.3 is 15.0 Å². The van der Waals surface area contributed by atoms with Gasteiger partial charge in [0.15, 0.2) is 0 Å². The minimum absolute atomic E-state index is 0.174. The molecule has 0 radical (unpaired) electrons. The predicted molar refractivity (Wildman–Crippen MR) is 91.9 cm³/mol. The van der Waals surface area contributed by atoms with Crippen LogP contribution in [0.2, 0.25) is 5.02 Å². The van der Waals surface area contributed by atoms with Crippen LogP contribution in [0.25, 0.3) is 0 Å². The molecule has 1 atom stereocenters. The van der Waals surface area contributed by atoms with Crippen LogP contribution >= 0.6 is 11.6 Å². The number of benzene rings is 2. The van der Waals surface area contributed by atoms with Gasteiger partial charge in [0.1, 0.15) is 6.10 Å². The monoisotopic (exact) mass is 341 g/mol. The molecule has 6 heteroatoms. The van der Waals surface area contributed by atoms with Gasteiger partial charge >= 0.3 is 6.03 Å². The van der Waals surface area contributed by atoms with Gasteiger partial charge in [-0.15, -0.1) is 0 Å². The normalized spacial score (nSPS) is 17.2. The Morgan fingerprint density at radius 1 is 1.29 bits per heavy atom. The molecule has 3 rings (SSSR count). The van der Waals surface area contributed by atoms with Crippen molar-refractivity contribution in [3.05, 3.63) is 64.7 Å². The van der Waals surface area contributed by atoms with Gasteiger partial charge in [0.05, 0.1) is 24.8 Å². The first-order valence-electron chi connectivity index (χ1n) is 7.59. The standard InChI is InChI=1S/C18H16ClN3O2/c19-15-6-4-14(5-7-15)17-12-22(8-9-24-17)18(23)21-16-3-1-2-13(10-16)11-20/h1-7,10,17H,8-9,12H2,(H,21,23)/t17-/m1/s1. The number of hydrogen-bond donors (Lipinski definition) is 1. The number of carbonyl (C=O) groups is 1. The highest BCUT2D eigenvalue weighted by Gasteiger charge is 2.25. The molecule has 0 spiro atoms. The molecule has 1 N–H and O–H groups in total. The molecular formula is C18H16ClN3O2. The molecular weight excluding hydrogens is 326 g/mol. The van der Waals surface area contributed by atoms with Gasteiger partial charge in [-0.2, -0.15) is 5.26 Å². The molecule has 0 saturated carbocycles. The smallest absolute Gasteiger partial charge is 0.322 e. The van der Waals surface area contributed by atoms with E-state index < -0.39 is 0 Å². The molecule has 5 nitrogen and oxygen atoms in total. The van der Waals surface area contributed by atoms with E-state index in [0.29, 0.717) is 36.0 Å². The Bertz CT molecular complexity index is 771. The maximum absolute atomic E-state index is 12.5. The van der Waals surface area contributed by atoms with Gasteiger partial charge in [-0.25, -0.2) is 4.79 Å². The summed E-state index contributed by atoms with van der Waals surface area (Å²) in [6.07, 6.45) is -0.174. The number of nitrogens with one attached hydrogen (secondary N) is 1. The van der Waals surface area contributed by atoms with E-state index in [2.05, 4.69) is 11.4 Å². The van der Waals surface area contributed by atoms with Crippen molar-refractivity contribution in [2.24, 2.45) is 0 Å². The van der Waals surface area contributed by atoms with Crippen LogP contribution in [0.15, 0.2) is 48.5 Å². The number of carbonyl (C=O) groups excluding carboxylic acids is 1. The summed E-state index contributed by atoms with van der Waals surface area (Å²) in [6, 6.07) is 16.1. The number of anilines is 1. The highest BCUT2D eigenvalue weighted by molar-refractivity contribution is 6.30. The number of morpholine rings is 1. The maximum Gasteiger partial charge on any atom is 0.322 e. The molecule has 0 aliphatic carbocycles. The lowest BCUT2D eigenvalue weighted by molar-refractivity contribution is -0.0135. The van der Waals surface area contributed by atoms with Gasteiger partial charge in [0, 0.05) is 17.3 Å². The topological polar surface area (TPSA) is 65.4 Å². The van der Waals surface area contributed by atoms with E-state index in [1.807, 2.05) is 24.3 Å². The third-order valence-electron chi connectivity index (χ3n) is 3.84. The van der Waals surface area contributed by atoms with Gasteiger partial charge in [-0.05, 0) is 35.9 Å². The second kappa shape index (κ2) is 7.35. The fourth-order valence-corrected chi connectivity index (χ4v) is 2.71. The van der Waals surface area contributed by atoms with Crippen molar-refractivity contribution in [2.45, 2.75) is 6.10 Å². The zero-order chi connectivity index (χ0) is 16.9. The first-order chi connectivity index (χ1) is 11.7. The Morgan fingerprint density at radius 2 is 2.08 bits per heavy atom. The van der Waals surface area contributed by atoms with Crippen LogP contribution in [0.3, 0.4) is 0 Å². The van der Waals surface area contributed by atoms with Crippen molar-refractivity contribution >= 4 is 23.3 Å². The number of nitrogens with zero attached hydrogens (tertiary/aromatic N) is 2. The number of urea groups is 1. The van der Waals surface area contributed by atoms with Crippen LogP contribution in [0, 0.1) is 11.3 Å². The lowest BCUT2D eigenvalue weighted by atomic mass is 10.1. The summed E-state index contributed by atoms with van der Waals surface area (Å²) >= 11 is 5.91. The lowest BCUT2D eigenvalue weighted by Gasteiger charge is -2.33. The summed E-state index contributed by atoms with van der Waals surface area (Å²) in [7, 11) is 0. The molecule has 2 aromatic carbocycles. The van der Waals surface area contributed by atoms with Gasteiger partial charge in [-0.3, -0.25) is 0 Å². The van der Waals surface area contributed by atoms with Crippen molar-refractivity contribution in [1.29, 1.82) is 5.26 Å². The molecule has 1 saturated heterocycles. The van der Waals surface area contributed by atoms with Crippen molar-refractivity contribution in [1.82, 2.24) is 4.90 Å². The Balaban J connectivity index is 1.66. The molecule has 0 aromatic heterocycles. The summed E-state index contributed by atoms with van der Waals surface area (Å²) in [4.78, 5) is 14.2. The number of rotatable bonds is 2. The highest BCUT2D eigenvalue weighted by Crippen LogP contribution is 2.24. The average molecular weight is 342 g/mol. The summed E-state index contributed by atoms with van der Waals surface area (Å²) in [5, 5.41) is 12.4. The average Bonchev–Trinajstić information content (AvgIpc) is 2.62. The van der Waals surface area contributed by atoms with Crippen molar-refractivity contribution in [3.63, 3.8) is 0 Å². The number of halogens is 1. The first-order valence-corrected chi connectivity index (χ1v) is 7.96. The molecule has 2 aromatic rings. The zero-order valence-electron chi connectivity index (χ0n) is 12.9. The van der Waals surface area contributed by atoms with E-state index in [-0.39, 0.29) is 12.1 Å². The van der Waals surface area contributed by atoms with Crippen molar-refractivity contribution in [3.8, 4) is 6.07 Å². The SMILES string of the molecule is N#Cc1cccc(NC(=O)N2CCO[C@@H](c3ccc(Cl)cc3)C2)c1. The van der Waals surface area contributed by atoms with E-state index in [1.54, 1.807) is 29.2 Å². The molecule has 2 amide bonds. The summed E-state index contributed by atoms with van der Waals surface area (Å²) in [6.45, 7) is 1.46. The predicted octanol–water partition coefficient (Wildman–Crippen LogP) is 3.82. The van der Waals surface area contributed by atoms with Crippen LogP contribution in [0.4, 0.5) is 10.5 Å². The molecule has 0 bridgehead atoms. The van der Waals surface area contributed by atoms with Crippen LogP contribution < -0.4 is 5.32 Å². The van der Waals surface area contributed by atoms with E-state index in [1.165, 1.54) is 0 Å². The molecule has 1 aliphatic heterocycles. The zero-order valence-corrected chi connectivity index (χ0v) is 13.7. The molecule has 1 fully saturated rings. The quantitative estimate of drug-likeness (QED) is 0.903. The molecule has 24 heavy (non-hydrogen) atoms. The second-order valence-electron chi connectivity index (χ2n) is 5.48.